The molecule has 1 N–H and O–H groups in total. The maximum Gasteiger partial charge on any atom is 0.334 e. The Bertz CT molecular complexity index is 1080. The van der Waals surface area contributed by atoms with Crippen molar-refractivity contribution in [3.8, 4) is 0 Å². The summed E-state index contributed by atoms with van der Waals surface area (Å²) in [7, 11) is 1.57. The number of aryl methyl sites for hydroxylation is 2. The molecular weight excluding hydrogens is 412 g/mol. The molecular formula is C23H28N4O5. The molecule has 0 bridgehead atoms. The maximum absolute atomic E-state index is 13.5. The van der Waals surface area contributed by atoms with Gasteiger partial charge in [0.1, 0.15) is 12.1 Å². The zero-order valence-corrected chi connectivity index (χ0v) is 18.6. The number of rotatable bonds is 6. The van der Waals surface area contributed by atoms with Gasteiger partial charge in [-0.3, -0.25) is 24.5 Å². The highest BCUT2D eigenvalue weighted by Crippen LogP contribution is 2.35. The number of amides is 2. The molecule has 0 radical (unpaired) electrons. The van der Waals surface area contributed by atoms with Gasteiger partial charge < -0.3 is 14.8 Å². The molecule has 1 aliphatic carbocycles. The van der Waals surface area contributed by atoms with Gasteiger partial charge in [0, 0.05) is 25.0 Å². The number of benzene rings is 1. The van der Waals surface area contributed by atoms with E-state index >= 15 is 0 Å². The van der Waals surface area contributed by atoms with Gasteiger partial charge in [-0.15, -0.1) is 0 Å². The Hall–Kier alpha value is -3.49. The molecule has 1 fully saturated rings. The summed E-state index contributed by atoms with van der Waals surface area (Å²) in [5.41, 5.74) is 0.107. The van der Waals surface area contributed by atoms with Gasteiger partial charge in [0.25, 0.3) is 0 Å². The number of aromatic nitrogens is 1. The van der Waals surface area contributed by atoms with Crippen LogP contribution in [0.25, 0.3) is 0 Å². The fraction of sp³-hybridized carbons (Fsp3) is 0.435. The molecule has 9 heteroatoms. The van der Waals surface area contributed by atoms with E-state index in [1.165, 1.54) is 17.2 Å². The molecule has 0 atom stereocenters. The van der Waals surface area contributed by atoms with Gasteiger partial charge in [-0.05, 0) is 43.9 Å². The molecule has 0 unspecified atom stereocenters. The lowest BCUT2D eigenvalue weighted by molar-refractivity contribution is -0.386. The number of pyridine rings is 1. The molecule has 1 aromatic heterocycles. The number of nitrogens with zero attached hydrogens (tertiary/aromatic N) is 3. The van der Waals surface area contributed by atoms with Crippen molar-refractivity contribution in [2.45, 2.75) is 58.0 Å². The average Bonchev–Trinajstić information content (AvgIpc) is 2.77. The number of hydrogen-bond acceptors (Lipinski definition) is 5. The average molecular weight is 441 g/mol. The van der Waals surface area contributed by atoms with Crippen molar-refractivity contribution in [2.75, 3.05) is 12.4 Å². The Morgan fingerprint density at radius 3 is 2.34 bits per heavy atom. The zero-order valence-electron chi connectivity index (χ0n) is 18.6. The standard InChI is InChI=1S/C23H28N4O5/c1-16-9-7-10-17(2)20(16)24-22(30)23(12-5-4-6-13-23)25(3)19(28)15-26-14-8-11-18(21(26)29)27(31)32/h7-11,14H,4-6,12-13,15H2,1-3H3,(H,24,30). The van der Waals surface area contributed by atoms with Crippen LogP contribution in [0.2, 0.25) is 0 Å². The molecule has 1 aromatic carbocycles. The van der Waals surface area contributed by atoms with Crippen molar-refractivity contribution < 1.29 is 14.5 Å². The first-order valence-electron chi connectivity index (χ1n) is 10.7. The summed E-state index contributed by atoms with van der Waals surface area (Å²) >= 11 is 0. The van der Waals surface area contributed by atoms with Crippen molar-refractivity contribution in [2.24, 2.45) is 0 Å². The van der Waals surface area contributed by atoms with Gasteiger partial charge in [-0.25, -0.2) is 0 Å². The fourth-order valence-corrected chi connectivity index (χ4v) is 4.37. The Morgan fingerprint density at radius 2 is 1.75 bits per heavy atom. The number of para-hydroxylation sites is 1. The number of hydrogen-bond donors (Lipinski definition) is 1. The topological polar surface area (TPSA) is 115 Å². The minimum Gasteiger partial charge on any atom is -0.329 e. The largest absolute Gasteiger partial charge is 0.334 e. The summed E-state index contributed by atoms with van der Waals surface area (Å²) in [6, 6.07) is 8.22. The predicted octanol–water partition coefficient (Wildman–Crippen LogP) is 3.17. The van der Waals surface area contributed by atoms with Crippen molar-refractivity contribution in [1.82, 2.24) is 9.47 Å². The van der Waals surface area contributed by atoms with E-state index in [-0.39, 0.29) is 12.5 Å². The molecule has 2 aromatic rings. The van der Waals surface area contributed by atoms with Crippen molar-refractivity contribution in [1.29, 1.82) is 0 Å². The van der Waals surface area contributed by atoms with Crippen molar-refractivity contribution in [3.05, 3.63) is 68.1 Å². The van der Waals surface area contributed by atoms with Gasteiger partial charge in [-0.1, -0.05) is 37.5 Å². The van der Waals surface area contributed by atoms with E-state index in [2.05, 4.69) is 5.32 Å². The zero-order chi connectivity index (χ0) is 23.5. The van der Waals surface area contributed by atoms with Gasteiger partial charge in [0.05, 0.1) is 4.92 Å². The minimum atomic E-state index is -1.05. The number of carbonyl (C=O) groups is 2. The van der Waals surface area contributed by atoms with E-state index < -0.39 is 27.6 Å². The highest BCUT2D eigenvalue weighted by molar-refractivity contribution is 6.01. The molecule has 0 spiro atoms. The van der Waals surface area contributed by atoms with Crippen LogP contribution in [0.4, 0.5) is 11.4 Å². The normalized spacial score (nSPS) is 15.1. The molecule has 170 valence electrons. The molecule has 1 saturated carbocycles. The van der Waals surface area contributed by atoms with Gasteiger partial charge in [0.15, 0.2) is 0 Å². The smallest absolute Gasteiger partial charge is 0.329 e. The molecule has 0 saturated heterocycles. The molecule has 9 nitrogen and oxygen atoms in total. The Balaban J connectivity index is 1.89. The summed E-state index contributed by atoms with van der Waals surface area (Å²) in [6.07, 6.45) is 4.94. The highest BCUT2D eigenvalue weighted by atomic mass is 16.6. The SMILES string of the molecule is Cc1cccc(C)c1NC(=O)C1(N(C)C(=O)Cn2cccc([N+](=O)[O-])c2=O)CCCCC1. The monoisotopic (exact) mass is 440 g/mol. The molecule has 0 aliphatic heterocycles. The lowest BCUT2D eigenvalue weighted by Gasteiger charge is -2.43. The van der Waals surface area contributed by atoms with E-state index in [9.17, 15) is 24.5 Å². The second kappa shape index (κ2) is 9.33. The Labute approximate surface area is 186 Å². The van der Waals surface area contributed by atoms with Crippen LogP contribution in [0.3, 0.4) is 0 Å². The third-order valence-electron chi connectivity index (χ3n) is 6.34. The third-order valence-corrected chi connectivity index (χ3v) is 6.34. The van der Waals surface area contributed by atoms with E-state index in [0.29, 0.717) is 12.8 Å². The first-order chi connectivity index (χ1) is 15.2. The second-order valence-corrected chi connectivity index (χ2v) is 8.35. The summed E-state index contributed by atoms with van der Waals surface area (Å²) in [6.45, 7) is 3.45. The molecule has 1 aliphatic rings. The van der Waals surface area contributed by atoms with Crippen LogP contribution in [0, 0.1) is 24.0 Å². The number of carbonyl (C=O) groups excluding carboxylic acids is 2. The van der Waals surface area contributed by atoms with Crippen LogP contribution in [0.15, 0.2) is 41.3 Å². The first kappa shape index (κ1) is 23.2. The van der Waals surface area contributed by atoms with Crippen LogP contribution in [-0.4, -0.2) is 38.8 Å². The summed E-state index contributed by atoms with van der Waals surface area (Å²) in [4.78, 5) is 50.7. The minimum absolute atomic E-state index is 0.253. The van der Waals surface area contributed by atoms with Gasteiger partial charge >= 0.3 is 11.2 Å². The summed E-state index contributed by atoms with van der Waals surface area (Å²) < 4.78 is 1.01. The third kappa shape index (κ3) is 4.42. The first-order valence-corrected chi connectivity index (χ1v) is 10.7. The summed E-state index contributed by atoms with van der Waals surface area (Å²) in [5, 5.41) is 14.1. The predicted molar refractivity (Wildman–Crippen MR) is 120 cm³/mol. The van der Waals surface area contributed by atoms with Crippen molar-refractivity contribution in [3.63, 3.8) is 0 Å². The van der Waals surface area contributed by atoms with Crippen LogP contribution in [-0.2, 0) is 16.1 Å². The van der Waals surface area contributed by atoms with Crippen LogP contribution in [0.5, 0.6) is 0 Å². The van der Waals surface area contributed by atoms with Gasteiger partial charge in [-0.2, -0.15) is 0 Å². The van der Waals surface area contributed by atoms with Crippen LogP contribution >= 0.6 is 0 Å². The summed E-state index contributed by atoms with van der Waals surface area (Å²) in [5.74, 6) is -0.706. The van der Waals surface area contributed by atoms with Gasteiger partial charge in [0.2, 0.25) is 11.8 Å². The number of nitro groups is 1. The van der Waals surface area contributed by atoms with E-state index in [1.807, 2.05) is 32.0 Å². The maximum atomic E-state index is 13.5. The lowest BCUT2D eigenvalue weighted by Crippen LogP contribution is -2.59. The molecule has 2 amide bonds. The number of anilines is 1. The Kier molecular flexibility index (Phi) is 6.76. The quantitative estimate of drug-likeness (QED) is 0.547. The second-order valence-electron chi connectivity index (χ2n) is 8.35. The van der Waals surface area contributed by atoms with Crippen LogP contribution < -0.4 is 10.9 Å². The molecule has 3 rings (SSSR count). The van der Waals surface area contributed by atoms with E-state index in [4.69, 9.17) is 0 Å². The highest BCUT2D eigenvalue weighted by Gasteiger charge is 2.45. The molecule has 1 heterocycles. The Morgan fingerprint density at radius 1 is 1.12 bits per heavy atom. The fourth-order valence-electron chi connectivity index (χ4n) is 4.37. The lowest BCUT2D eigenvalue weighted by atomic mass is 9.79. The number of nitrogens with one attached hydrogen (secondary N) is 1. The molecule has 32 heavy (non-hydrogen) atoms. The van der Waals surface area contributed by atoms with E-state index in [1.54, 1.807) is 7.05 Å². The van der Waals surface area contributed by atoms with E-state index in [0.717, 1.165) is 46.7 Å². The van der Waals surface area contributed by atoms with Crippen molar-refractivity contribution >= 4 is 23.2 Å². The number of likely N-dealkylation sites (N-methyl/N-ethyl adjacent to an activating group) is 1. The van der Waals surface area contributed by atoms with Crippen LogP contribution in [0.1, 0.15) is 43.2 Å².